The highest BCUT2D eigenvalue weighted by molar-refractivity contribution is 14.1. The number of fused-ring (bicyclic) bond motifs is 2. The van der Waals surface area contributed by atoms with Gasteiger partial charge in [-0.2, -0.15) is 0 Å². The maximum Gasteiger partial charge on any atom is 0.192 e. The van der Waals surface area contributed by atoms with Gasteiger partial charge in [0, 0.05) is 22.1 Å². The quantitative estimate of drug-likeness (QED) is 0.333. The highest BCUT2D eigenvalue weighted by Gasteiger charge is 2.67. The molecule has 3 heterocycles. The standard InChI is InChI=1S/C19H34INOSi/c1-12-7-14-17-15(22-23(5,6)18(2,3)4)9-13-10-19(14,20)16(8-12)21(17)11-13/h12-17H,7-11H2,1-6H3. The van der Waals surface area contributed by atoms with Gasteiger partial charge in [-0.25, -0.2) is 0 Å². The number of hydrogen-bond donors (Lipinski definition) is 0. The molecule has 0 N–H and O–H groups in total. The van der Waals surface area contributed by atoms with Crippen molar-refractivity contribution in [2.45, 2.75) is 93.1 Å². The first-order chi connectivity index (χ1) is 10.5. The molecular formula is C19H34INOSi. The van der Waals surface area contributed by atoms with Crippen LogP contribution < -0.4 is 0 Å². The lowest BCUT2D eigenvalue weighted by atomic mass is 9.70. The molecule has 1 aliphatic carbocycles. The first-order valence-corrected chi connectivity index (χ1v) is 13.6. The van der Waals surface area contributed by atoms with Gasteiger partial charge in [-0.3, -0.25) is 4.90 Å². The lowest BCUT2D eigenvalue weighted by Crippen LogP contribution is -2.58. The van der Waals surface area contributed by atoms with Crippen molar-refractivity contribution in [3.05, 3.63) is 0 Å². The third-order valence-corrected chi connectivity index (χ3v) is 14.4. The van der Waals surface area contributed by atoms with Gasteiger partial charge in [-0.1, -0.05) is 50.3 Å². The summed E-state index contributed by atoms with van der Waals surface area (Å²) in [6, 6.07) is 1.55. The Morgan fingerprint density at radius 1 is 1.17 bits per heavy atom. The SMILES string of the molecule is CC1CC2C3C(O[Si](C)(C)C(C)(C)C)CC4CN3C(C1)C2(I)C4. The van der Waals surface area contributed by atoms with Gasteiger partial charge in [0.25, 0.3) is 0 Å². The zero-order valence-corrected chi connectivity index (χ0v) is 18.9. The van der Waals surface area contributed by atoms with E-state index in [1.165, 1.54) is 32.2 Å². The molecule has 8 unspecified atom stereocenters. The van der Waals surface area contributed by atoms with Gasteiger partial charge in [-0.15, -0.1) is 0 Å². The van der Waals surface area contributed by atoms with Crippen LogP contribution in [0.25, 0.3) is 0 Å². The van der Waals surface area contributed by atoms with Crippen LogP contribution >= 0.6 is 22.6 Å². The minimum Gasteiger partial charge on any atom is -0.412 e. The minimum atomic E-state index is -1.68. The fraction of sp³-hybridized carbons (Fsp3) is 1.00. The van der Waals surface area contributed by atoms with Gasteiger partial charge in [0.15, 0.2) is 8.32 Å². The Morgan fingerprint density at radius 2 is 1.87 bits per heavy atom. The van der Waals surface area contributed by atoms with Crippen LogP contribution in [-0.2, 0) is 4.43 Å². The second-order valence-electron chi connectivity index (χ2n) is 10.5. The molecule has 0 radical (unpaired) electrons. The number of halogens is 1. The number of rotatable bonds is 2. The highest BCUT2D eigenvalue weighted by atomic mass is 127. The van der Waals surface area contributed by atoms with E-state index in [4.69, 9.17) is 4.43 Å². The first kappa shape index (κ1) is 17.3. The molecule has 4 heteroatoms. The summed E-state index contributed by atoms with van der Waals surface area (Å²) >= 11 is 2.89. The van der Waals surface area contributed by atoms with Crippen LogP contribution in [0, 0.1) is 17.8 Å². The van der Waals surface area contributed by atoms with Crippen molar-refractivity contribution in [3.8, 4) is 0 Å². The lowest BCUT2D eigenvalue weighted by Gasteiger charge is -2.51. The van der Waals surface area contributed by atoms with Crippen molar-refractivity contribution in [1.29, 1.82) is 0 Å². The Labute approximate surface area is 157 Å². The van der Waals surface area contributed by atoms with Crippen LogP contribution in [0.2, 0.25) is 18.1 Å². The number of piperidine rings is 2. The molecule has 8 atom stereocenters. The van der Waals surface area contributed by atoms with Gasteiger partial charge in [-0.05, 0) is 61.6 Å². The molecule has 2 nitrogen and oxygen atoms in total. The molecule has 0 amide bonds. The van der Waals surface area contributed by atoms with Crippen molar-refractivity contribution in [2.75, 3.05) is 6.54 Å². The van der Waals surface area contributed by atoms with Gasteiger partial charge in [0.05, 0.1) is 6.10 Å². The van der Waals surface area contributed by atoms with Crippen molar-refractivity contribution in [1.82, 2.24) is 4.90 Å². The number of nitrogens with zero attached hydrogens (tertiary/aromatic N) is 1. The average Bonchev–Trinajstić information content (AvgIpc) is 2.55. The Bertz CT molecular complexity index is 504. The Hall–Kier alpha value is 0.867. The highest BCUT2D eigenvalue weighted by Crippen LogP contribution is 2.63. The van der Waals surface area contributed by atoms with Gasteiger partial charge in [0.2, 0.25) is 0 Å². The number of alkyl halides is 1. The van der Waals surface area contributed by atoms with E-state index < -0.39 is 8.32 Å². The second kappa shape index (κ2) is 5.20. The van der Waals surface area contributed by atoms with Crippen LogP contribution in [0.3, 0.4) is 0 Å². The van der Waals surface area contributed by atoms with E-state index in [1.807, 2.05) is 0 Å². The third-order valence-electron chi connectivity index (χ3n) is 7.92. The topological polar surface area (TPSA) is 12.5 Å². The van der Waals surface area contributed by atoms with Crippen molar-refractivity contribution < 1.29 is 4.43 Å². The fourth-order valence-corrected chi connectivity index (χ4v) is 9.14. The van der Waals surface area contributed by atoms with E-state index in [1.54, 1.807) is 0 Å². The summed E-state index contributed by atoms with van der Waals surface area (Å²) in [6.45, 7) is 15.9. The smallest absolute Gasteiger partial charge is 0.192 e. The summed E-state index contributed by atoms with van der Waals surface area (Å²) in [4.78, 5) is 2.93. The molecular weight excluding hydrogens is 413 g/mol. The summed E-state index contributed by atoms with van der Waals surface area (Å²) < 4.78 is 7.60. The molecule has 4 rings (SSSR count). The molecule has 0 aromatic heterocycles. The maximum absolute atomic E-state index is 7.04. The normalized spacial score (nSPS) is 52.0. The summed E-state index contributed by atoms with van der Waals surface area (Å²) in [5.74, 6) is 2.66. The van der Waals surface area contributed by atoms with Gasteiger partial charge in [0.1, 0.15) is 0 Å². The summed E-state index contributed by atoms with van der Waals surface area (Å²) in [5.41, 5.74) is 0. The summed E-state index contributed by atoms with van der Waals surface area (Å²) in [5, 5.41) is 0.321. The van der Waals surface area contributed by atoms with E-state index in [9.17, 15) is 0 Å². The van der Waals surface area contributed by atoms with Crippen molar-refractivity contribution in [3.63, 3.8) is 0 Å². The maximum atomic E-state index is 7.04. The van der Waals surface area contributed by atoms with E-state index in [0.29, 0.717) is 14.6 Å². The molecule has 0 aromatic rings. The number of hydrogen-bond acceptors (Lipinski definition) is 2. The molecule has 1 saturated carbocycles. The molecule has 5 bridgehead atoms. The summed E-state index contributed by atoms with van der Waals surface area (Å²) in [7, 11) is -1.68. The third kappa shape index (κ3) is 2.44. The predicted molar refractivity (Wildman–Crippen MR) is 108 cm³/mol. The lowest BCUT2D eigenvalue weighted by molar-refractivity contribution is -0.0179. The van der Waals surface area contributed by atoms with E-state index in [2.05, 4.69) is 68.3 Å². The molecule has 3 aliphatic heterocycles. The van der Waals surface area contributed by atoms with E-state index >= 15 is 0 Å². The van der Waals surface area contributed by atoms with E-state index in [-0.39, 0.29) is 0 Å². The largest absolute Gasteiger partial charge is 0.412 e. The Balaban J connectivity index is 1.65. The van der Waals surface area contributed by atoms with Gasteiger partial charge >= 0.3 is 0 Å². The molecule has 0 spiro atoms. The minimum absolute atomic E-state index is 0.321. The van der Waals surface area contributed by atoms with Crippen LogP contribution in [0.4, 0.5) is 0 Å². The van der Waals surface area contributed by atoms with Gasteiger partial charge < -0.3 is 4.43 Å². The molecule has 3 saturated heterocycles. The second-order valence-corrected chi connectivity index (χ2v) is 17.3. The van der Waals surface area contributed by atoms with Crippen molar-refractivity contribution in [2.24, 2.45) is 17.8 Å². The predicted octanol–water partition coefficient (Wildman–Crippen LogP) is 5.07. The zero-order chi connectivity index (χ0) is 16.8. The fourth-order valence-electron chi connectivity index (χ4n) is 5.94. The molecule has 4 aliphatic rings. The molecule has 132 valence electrons. The van der Waals surface area contributed by atoms with Crippen LogP contribution in [0.1, 0.15) is 53.4 Å². The van der Waals surface area contributed by atoms with E-state index in [0.717, 1.165) is 29.8 Å². The van der Waals surface area contributed by atoms with Crippen LogP contribution in [0.5, 0.6) is 0 Å². The molecule has 0 aromatic carbocycles. The average molecular weight is 447 g/mol. The zero-order valence-electron chi connectivity index (χ0n) is 15.7. The summed E-state index contributed by atoms with van der Waals surface area (Å²) in [6.07, 6.45) is 6.16. The van der Waals surface area contributed by atoms with Crippen LogP contribution in [0.15, 0.2) is 0 Å². The first-order valence-electron chi connectivity index (χ1n) is 9.65. The van der Waals surface area contributed by atoms with Crippen LogP contribution in [-0.4, -0.2) is 41.4 Å². The Morgan fingerprint density at radius 3 is 2.52 bits per heavy atom. The molecule has 23 heavy (non-hydrogen) atoms. The monoisotopic (exact) mass is 447 g/mol. The Kier molecular flexibility index (Phi) is 3.91. The van der Waals surface area contributed by atoms with Crippen molar-refractivity contribution >= 4 is 30.9 Å². The molecule has 4 fully saturated rings.